The molecule has 0 saturated carbocycles. The molecule has 0 heterocycles. The summed E-state index contributed by atoms with van der Waals surface area (Å²) in [6.45, 7) is 1.61. The lowest BCUT2D eigenvalue weighted by Crippen LogP contribution is -2.21. The van der Waals surface area contributed by atoms with Gasteiger partial charge in [-0.25, -0.2) is 8.42 Å². The zero-order valence-corrected chi connectivity index (χ0v) is 12.3. The second-order valence-electron chi connectivity index (χ2n) is 4.94. The third-order valence-corrected chi connectivity index (χ3v) is 5.28. The Bertz CT molecular complexity index is 699. The summed E-state index contributed by atoms with van der Waals surface area (Å²) in [5.41, 5.74) is 1.02. The highest BCUT2D eigenvalue weighted by atomic mass is 32.2. The van der Waals surface area contributed by atoms with Crippen molar-refractivity contribution in [2.75, 3.05) is 11.5 Å². The third-order valence-electron chi connectivity index (χ3n) is 3.46. The lowest BCUT2D eigenvalue weighted by molar-refractivity contribution is -0.110. The Balaban J connectivity index is 2.28. The molecule has 2 aromatic rings. The summed E-state index contributed by atoms with van der Waals surface area (Å²) in [5.74, 6) is -0.478. The molecule has 1 unspecified atom stereocenters. The quantitative estimate of drug-likeness (QED) is 0.768. The Morgan fingerprint density at radius 2 is 1.80 bits per heavy atom. The summed E-state index contributed by atoms with van der Waals surface area (Å²) in [4.78, 5) is 11.2. The number of fused-ring (bicyclic) bond motifs is 1. The first kappa shape index (κ1) is 14.7. The number of hydrogen-bond acceptors (Lipinski definition) is 3. The first-order valence-electron chi connectivity index (χ1n) is 6.68. The molecule has 20 heavy (non-hydrogen) atoms. The van der Waals surface area contributed by atoms with Gasteiger partial charge in [0.1, 0.15) is 6.29 Å². The topological polar surface area (TPSA) is 51.2 Å². The van der Waals surface area contributed by atoms with Gasteiger partial charge >= 0.3 is 0 Å². The van der Waals surface area contributed by atoms with Crippen molar-refractivity contribution in [1.29, 1.82) is 0 Å². The van der Waals surface area contributed by atoms with E-state index in [1.54, 1.807) is 6.92 Å². The molecular weight excluding hydrogens is 272 g/mol. The first-order valence-corrected chi connectivity index (χ1v) is 8.50. The maximum atomic E-state index is 11.7. The second kappa shape index (κ2) is 6.18. The molecule has 0 N–H and O–H groups in total. The summed E-state index contributed by atoms with van der Waals surface area (Å²) in [7, 11) is -3.14. The Hall–Kier alpha value is -1.68. The average Bonchev–Trinajstić information content (AvgIpc) is 2.46. The van der Waals surface area contributed by atoms with Gasteiger partial charge in [0.05, 0.1) is 5.75 Å². The maximum absolute atomic E-state index is 11.7. The van der Waals surface area contributed by atoms with E-state index >= 15 is 0 Å². The van der Waals surface area contributed by atoms with Gasteiger partial charge in [-0.1, -0.05) is 49.4 Å². The molecule has 0 fully saturated rings. The van der Waals surface area contributed by atoms with Gasteiger partial charge in [0.25, 0.3) is 0 Å². The lowest BCUT2D eigenvalue weighted by atomic mass is 9.97. The van der Waals surface area contributed by atoms with Gasteiger partial charge in [0.15, 0.2) is 9.84 Å². The van der Waals surface area contributed by atoms with Crippen molar-refractivity contribution in [3.8, 4) is 0 Å². The molecule has 1 atom stereocenters. The van der Waals surface area contributed by atoms with Crippen LogP contribution in [-0.4, -0.2) is 26.2 Å². The fraction of sp³-hybridized carbons (Fsp3) is 0.312. The fourth-order valence-electron chi connectivity index (χ4n) is 2.34. The SMILES string of the molecule is CCS(=O)(=O)CC(C=O)Cc1cccc2ccccc12. The minimum Gasteiger partial charge on any atom is -0.303 e. The highest BCUT2D eigenvalue weighted by molar-refractivity contribution is 7.91. The van der Waals surface area contributed by atoms with Gasteiger partial charge < -0.3 is 4.79 Å². The van der Waals surface area contributed by atoms with Gasteiger partial charge in [-0.2, -0.15) is 0 Å². The van der Waals surface area contributed by atoms with Crippen molar-refractivity contribution < 1.29 is 13.2 Å². The molecule has 4 heteroatoms. The van der Waals surface area contributed by atoms with Crippen molar-refractivity contribution in [2.24, 2.45) is 5.92 Å². The summed E-state index contributed by atoms with van der Waals surface area (Å²) in [5, 5.41) is 2.18. The molecule has 0 aliphatic heterocycles. The van der Waals surface area contributed by atoms with Crippen LogP contribution >= 0.6 is 0 Å². The van der Waals surface area contributed by atoms with E-state index in [0.29, 0.717) is 6.42 Å². The second-order valence-corrected chi connectivity index (χ2v) is 7.34. The smallest absolute Gasteiger partial charge is 0.150 e. The number of rotatable bonds is 6. The number of sulfone groups is 1. The molecule has 0 amide bonds. The van der Waals surface area contributed by atoms with Crippen molar-refractivity contribution >= 4 is 26.9 Å². The number of benzene rings is 2. The van der Waals surface area contributed by atoms with Crippen molar-refractivity contribution in [1.82, 2.24) is 0 Å². The maximum Gasteiger partial charge on any atom is 0.150 e. The molecule has 0 aliphatic carbocycles. The van der Waals surface area contributed by atoms with Gasteiger partial charge in [-0.15, -0.1) is 0 Å². The fourth-order valence-corrected chi connectivity index (χ4v) is 3.43. The Morgan fingerprint density at radius 3 is 2.50 bits per heavy atom. The first-order chi connectivity index (χ1) is 9.55. The van der Waals surface area contributed by atoms with E-state index in [1.165, 1.54) is 0 Å². The molecule has 0 aliphatic rings. The summed E-state index contributed by atoms with van der Waals surface area (Å²) in [6.07, 6.45) is 1.22. The molecule has 0 aromatic heterocycles. The summed E-state index contributed by atoms with van der Waals surface area (Å²) >= 11 is 0. The number of carbonyl (C=O) groups is 1. The zero-order chi connectivity index (χ0) is 14.6. The molecule has 106 valence electrons. The van der Waals surface area contributed by atoms with E-state index in [1.807, 2.05) is 42.5 Å². The molecule has 2 aromatic carbocycles. The van der Waals surface area contributed by atoms with Crippen LogP contribution < -0.4 is 0 Å². The van der Waals surface area contributed by atoms with Crippen LogP contribution in [0.1, 0.15) is 12.5 Å². The van der Waals surface area contributed by atoms with Crippen LogP contribution in [0.15, 0.2) is 42.5 Å². The Morgan fingerprint density at radius 1 is 1.10 bits per heavy atom. The highest BCUT2D eigenvalue weighted by Crippen LogP contribution is 2.21. The van der Waals surface area contributed by atoms with E-state index in [0.717, 1.165) is 22.6 Å². The molecule has 0 spiro atoms. The van der Waals surface area contributed by atoms with Crippen molar-refractivity contribution in [2.45, 2.75) is 13.3 Å². The molecule has 3 nitrogen and oxygen atoms in total. The van der Waals surface area contributed by atoms with Gasteiger partial charge in [-0.3, -0.25) is 0 Å². The van der Waals surface area contributed by atoms with Gasteiger partial charge in [-0.05, 0) is 22.8 Å². The molecule has 2 rings (SSSR count). The normalized spacial score (nSPS) is 13.2. The van der Waals surface area contributed by atoms with E-state index in [-0.39, 0.29) is 11.5 Å². The summed E-state index contributed by atoms with van der Waals surface area (Å²) in [6, 6.07) is 13.8. The highest BCUT2D eigenvalue weighted by Gasteiger charge is 2.18. The number of carbonyl (C=O) groups excluding carboxylic acids is 1. The van der Waals surface area contributed by atoms with Crippen molar-refractivity contribution in [3.63, 3.8) is 0 Å². The van der Waals surface area contributed by atoms with Gasteiger partial charge in [0.2, 0.25) is 0 Å². The standard InChI is InChI=1S/C16H18O3S/c1-2-20(18,19)12-13(11-17)10-15-8-5-7-14-6-3-4-9-16(14)15/h3-9,11,13H,2,10,12H2,1H3. The van der Waals surface area contributed by atoms with E-state index in [2.05, 4.69) is 0 Å². The molecule has 0 bridgehead atoms. The number of aldehydes is 1. The monoisotopic (exact) mass is 290 g/mol. The van der Waals surface area contributed by atoms with Crippen LogP contribution in [0.3, 0.4) is 0 Å². The zero-order valence-electron chi connectivity index (χ0n) is 11.5. The third kappa shape index (κ3) is 3.45. The molecule has 0 saturated heterocycles. The number of hydrogen-bond donors (Lipinski definition) is 0. The van der Waals surface area contributed by atoms with Gasteiger partial charge in [0, 0.05) is 11.7 Å². The van der Waals surface area contributed by atoms with Crippen LogP contribution in [0, 0.1) is 5.92 Å². The molecular formula is C16H18O3S. The predicted molar refractivity (Wildman–Crippen MR) is 81.5 cm³/mol. The van der Waals surface area contributed by atoms with E-state index in [4.69, 9.17) is 0 Å². The Labute approximate surface area is 119 Å². The Kier molecular flexibility index (Phi) is 4.55. The average molecular weight is 290 g/mol. The van der Waals surface area contributed by atoms with Crippen LogP contribution in [0.4, 0.5) is 0 Å². The van der Waals surface area contributed by atoms with E-state index in [9.17, 15) is 13.2 Å². The van der Waals surface area contributed by atoms with Crippen LogP contribution in [0.5, 0.6) is 0 Å². The van der Waals surface area contributed by atoms with Crippen LogP contribution in [-0.2, 0) is 21.1 Å². The van der Waals surface area contributed by atoms with Crippen molar-refractivity contribution in [3.05, 3.63) is 48.0 Å². The predicted octanol–water partition coefficient (Wildman–Crippen LogP) is 2.63. The largest absolute Gasteiger partial charge is 0.303 e. The summed E-state index contributed by atoms with van der Waals surface area (Å²) < 4.78 is 23.3. The molecule has 0 radical (unpaired) electrons. The minimum atomic E-state index is -3.14. The minimum absolute atomic E-state index is 0.0732. The van der Waals surface area contributed by atoms with Crippen LogP contribution in [0.2, 0.25) is 0 Å². The van der Waals surface area contributed by atoms with Crippen LogP contribution in [0.25, 0.3) is 10.8 Å². The lowest BCUT2D eigenvalue weighted by Gasteiger charge is -2.12. The van der Waals surface area contributed by atoms with E-state index < -0.39 is 15.8 Å².